The molecule has 1 saturated heterocycles. The SMILES string of the molecule is CCNC(=NCC(CC(C)C)N1CCOCC1)NCCCSC.I. The summed E-state index contributed by atoms with van der Waals surface area (Å²) in [6.45, 7) is 13.2. The molecule has 0 aliphatic carbocycles. The van der Waals surface area contributed by atoms with Gasteiger partial charge >= 0.3 is 0 Å². The maximum Gasteiger partial charge on any atom is 0.191 e. The second kappa shape index (κ2) is 15.5. The molecule has 0 bridgehead atoms. The zero-order valence-electron chi connectivity index (χ0n) is 15.8. The summed E-state index contributed by atoms with van der Waals surface area (Å²) in [6.07, 6.45) is 4.51. The van der Waals surface area contributed by atoms with Crippen LogP contribution in [0.25, 0.3) is 0 Å². The molecule has 1 aliphatic heterocycles. The number of nitrogens with zero attached hydrogens (tertiary/aromatic N) is 2. The molecule has 7 heteroatoms. The highest BCUT2D eigenvalue weighted by Crippen LogP contribution is 2.14. The lowest BCUT2D eigenvalue weighted by Crippen LogP contribution is -2.46. The van der Waals surface area contributed by atoms with Crippen molar-refractivity contribution < 1.29 is 4.74 Å². The number of thioether (sulfide) groups is 1. The van der Waals surface area contributed by atoms with Gasteiger partial charge in [-0.1, -0.05) is 13.8 Å². The van der Waals surface area contributed by atoms with Crippen LogP contribution in [0.3, 0.4) is 0 Å². The minimum atomic E-state index is 0. The fourth-order valence-electron chi connectivity index (χ4n) is 2.79. The molecule has 0 amide bonds. The first kappa shape index (κ1) is 24.3. The fraction of sp³-hybridized carbons (Fsp3) is 0.941. The molecule has 1 unspecified atom stereocenters. The summed E-state index contributed by atoms with van der Waals surface area (Å²) in [6, 6.07) is 0.514. The predicted octanol–water partition coefficient (Wildman–Crippen LogP) is 2.66. The van der Waals surface area contributed by atoms with Gasteiger partial charge in [-0.3, -0.25) is 9.89 Å². The second-order valence-electron chi connectivity index (χ2n) is 6.42. The van der Waals surface area contributed by atoms with Gasteiger partial charge in [0.15, 0.2) is 5.96 Å². The zero-order valence-corrected chi connectivity index (χ0v) is 19.0. The van der Waals surface area contributed by atoms with Crippen LogP contribution in [-0.2, 0) is 4.74 Å². The van der Waals surface area contributed by atoms with Gasteiger partial charge in [-0.2, -0.15) is 11.8 Å². The van der Waals surface area contributed by atoms with Crippen molar-refractivity contribution in [1.29, 1.82) is 0 Å². The third kappa shape index (κ3) is 11.0. The van der Waals surface area contributed by atoms with Crippen LogP contribution in [0, 0.1) is 5.92 Å². The molecular weight excluding hydrogens is 435 g/mol. The Hall–Kier alpha value is 0.270. The van der Waals surface area contributed by atoms with E-state index in [9.17, 15) is 0 Å². The summed E-state index contributed by atoms with van der Waals surface area (Å²) in [5, 5.41) is 6.81. The molecule has 0 aromatic carbocycles. The van der Waals surface area contributed by atoms with Gasteiger partial charge in [-0.15, -0.1) is 24.0 Å². The Bertz CT molecular complexity index is 326. The van der Waals surface area contributed by atoms with Gasteiger partial charge < -0.3 is 15.4 Å². The van der Waals surface area contributed by atoms with Crippen LogP contribution < -0.4 is 10.6 Å². The van der Waals surface area contributed by atoms with E-state index >= 15 is 0 Å². The largest absolute Gasteiger partial charge is 0.379 e. The first-order valence-corrected chi connectivity index (χ1v) is 10.4. The second-order valence-corrected chi connectivity index (χ2v) is 7.41. The number of hydrogen-bond acceptors (Lipinski definition) is 4. The molecule has 0 spiro atoms. The first-order valence-electron chi connectivity index (χ1n) is 9.00. The van der Waals surface area contributed by atoms with E-state index in [2.05, 4.69) is 42.6 Å². The van der Waals surface area contributed by atoms with Crippen molar-refractivity contribution in [3.63, 3.8) is 0 Å². The van der Waals surface area contributed by atoms with E-state index in [1.807, 2.05) is 11.8 Å². The molecule has 0 radical (unpaired) electrons. The van der Waals surface area contributed by atoms with E-state index < -0.39 is 0 Å². The van der Waals surface area contributed by atoms with E-state index in [0.29, 0.717) is 12.0 Å². The minimum Gasteiger partial charge on any atom is -0.379 e. The average molecular weight is 472 g/mol. The summed E-state index contributed by atoms with van der Waals surface area (Å²) in [5.41, 5.74) is 0. The molecule has 2 N–H and O–H groups in total. The lowest BCUT2D eigenvalue weighted by Gasteiger charge is -2.34. The quantitative estimate of drug-likeness (QED) is 0.222. The molecule has 0 aromatic rings. The number of ether oxygens (including phenoxy) is 1. The van der Waals surface area contributed by atoms with E-state index in [4.69, 9.17) is 9.73 Å². The molecule has 0 aromatic heterocycles. The number of halogens is 1. The summed E-state index contributed by atoms with van der Waals surface area (Å²) >= 11 is 1.89. The highest BCUT2D eigenvalue weighted by Gasteiger charge is 2.21. The van der Waals surface area contributed by atoms with Crippen LogP contribution in [0.1, 0.15) is 33.6 Å². The van der Waals surface area contributed by atoms with Gasteiger partial charge in [0.25, 0.3) is 0 Å². The van der Waals surface area contributed by atoms with Gasteiger partial charge in [-0.25, -0.2) is 0 Å². The Labute approximate surface area is 170 Å². The zero-order chi connectivity index (χ0) is 16.9. The minimum absolute atomic E-state index is 0. The van der Waals surface area contributed by atoms with Crippen molar-refractivity contribution in [3.8, 4) is 0 Å². The number of guanidine groups is 1. The first-order chi connectivity index (χ1) is 11.2. The Balaban J connectivity index is 0.00000529. The Morgan fingerprint density at radius 1 is 1.25 bits per heavy atom. The van der Waals surface area contributed by atoms with Gasteiger partial charge in [0.2, 0.25) is 0 Å². The summed E-state index contributed by atoms with van der Waals surface area (Å²) in [5.74, 6) is 2.83. The van der Waals surface area contributed by atoms with Gasteiger partial charge in [0.05, 0.1) is 19.8 Å². The normalized spacial score (nSPS) is 17.5. The molecule has 5 nitrogen and oxygen atoms in total. The fourth-order valence-corrected chi connectivity index (χ4v) is 3.22. The smallest absolute Gasteiger partial charge is 0.191 e. The maximum atomic E-state index is 5.49. The number of morpholine rings is 1. The average Bonchev–Trinajstić information content (AvgIpc) is 2.55. The molecule has 1 atom stereocenters. The number of nitrogens with one attached hydrogen (secondary N) is 2. The Morgan fingerprint density at radius 3 is 2.54 bits per heavy atom. The highest BCUT2D eigenvalue weighted by molar-refractivity contribution is 14.0. The van der Waals surface area contributed by atoms with Crippen molar-refractivity contribution in [2.45, 2.75) is 39.7 Å². The van der Waals surface area contributed by atoms with Crippen LogP contribution >= 0.6 is 35.7 Å². The standard InChI is InChI=1S/C17H36N4OS.HI/c1-5-18-17(19-7-6-12-23-4)20-14-16(13-15(2)3)21-8-10-22-11-9-21;/h15-16H,5-14H2,1-4H3,(H2,18,19,20);1H. The van der Waals surface area contributed by atoms with Crippen LogP contribution in [0.15, 0.2) is 4.99 Å². The number of hydrogen-bond donors (Lipinski definition) is 2. The maximum absolute atomic E-state index is 5.49. The number of aliphatic imine (C=N–C) groups is 1. The number of rotatable bonds is 10. The molecular formula is C17H37IN4OS. The van der Waals surface area contributed by atoms with Crippen molar-refractivity contribution in [2.24, 2.45) is 10.9 Å². The lowest BCUT2D eigenvalue weighted by molar-refractivity contribution is 0.0143. The summed E-state index contributed by atoms with van der Waals surface area (Å²) in [7, 11) is 0. The van der Waals surface area contributed by atoms with E-state index in [1.165, 1.54) is 18.6 Å². The molecule has 1 aliphatic rings. The van der Waals surface area contributed by atoms with Crippen LogP contribution in [-0.4, -0.2) is 74.8 Å². The Morgan fingerprint density at radius 2 is 1.96 bits per heavy atom. The van der Waals surface area contributed by atoms with Crippen molar-refractivity contribution in [2.75, 3.05) is 57.9 Å². The Kier molecular flexibility index (Phi) is 15.7. The molecule has 0 saturated carbocycles. The third-order valence-corrected chi connectivity index (χ3v) is 4.62. The predicted molar refractivity (Wildman–Crippen MR) is 118 cm³/mol. The summed E-state index contributed by atoms with van der Waals surface area (Å²) < 4.78 is 5.49. The molecule has 24 heavy (non-hydrogen) atoms. The van der Waals surface area contributed by atoms with Crippen molar-refractivity contribution in [3.05, 3.63) is 0 Å². The van der Waals surface area contributed by atoms with Crippen molar-refractivity contribution >= 4 is 41.7 Å². The van der Waals surface area contributed by atoms with E-state index in [-0.39, 0.29) is 24.0 Å². The van der Waals surface area contributed by atoms with Gasteiger partial charge in [-0.05, 0) is 37.7 Å². The van der Waals surface area contributed by atoms with Gasteiger partial charge in [0, 0.05) is 32.2 Å². The third-order valence-electron chi connectivity index (χ3n) is 3.93. The molecule has 1 rings (SSSR count). The van der Waals surface area contributed by atoms with Crippen molar-refractivity contribution in [1.82, 2.24) is 15.5 Å². The van der Waals surface area contributed by atoms with Crippen LogP contribution in [0.4, 0.5) is 0 Å². The molecule has 1 heterocycles. The van der Waals surface area contributed by atoms with Crippen LogP contribution in [0.2, 0.25) is 0 Å². The molecule has 144 valence electrons. The highest BCUT2D eigenvalue weighted by atomic mass is 127. The monoisotopic (exact) mass is 472 g/mol. The van der Waals surface area contributed by atoms with E-state index in [1.54, 1.807) is 0 Å². The topological polar surface area (TPSA) is 48.9 Å². The van der Waals surface area contributed by atoms with Crippen LogP contribution in [0.5, 0.6) is 0 Å². The molecule has 1 fully saturated rings. The van der Waals surface area contributed by atoms with E-state index in [0.717, 1.165) is 51.9 Å². The lowest BCUT2D eigenvalue weighted by atomic mass is 10.0. The van der Waals surface area contributed by atoms with Gasteiger partial charge in [0.1, 0.15) is 0 Å². The summed E-state index contributed by atoms with van der Waals surface area (Å²) in [4.78, 5) is 7.39.